The van der Waals surface area contributed by atoms with Crippen LogP contribution < -0.4 is 34.4 Å². The van der Waals surface area contributed by atoms with Crippen molar-refractivity contribution < 1.29 is 4.74 Å². The Kier molecular flexibility index (Phi) is 3.32. The summed E-state index contributed by atoms with van der Waals surface area (Å²) in [5, 5.41) is 0. The van der Waals surface area contributed by atoms with Crippen molar-refractivity contribution in [1.29, 1.82) is 0 Å². The Morgan fingerprint density at radius 1 is 0.727 bits per heavy atom. The van der Waals surface area contributed by atoms with Crippen molar-refractivity contribution in [3.8, 4) is 0 Å². The zero-order valence-electron chi connectivity index (χ0n) is 6.29. The third-order valence-electron chi connectivity index (χ3n) is 0.704. The summed E-state index contributed by atoms with van der Waals surface area (Å²) in [6.07, 6.45) is 0. The van der Waals surface area contributed by atoms with Gasteiger partial charge in [-0.1, -0.05) is 0 Å². The summed E-state index contributed by atoms with van der Waals surface area (Å²) < 4.78 is 4.81. The fourth-order valence-electron chi connectivity index (χ4n) is 0.405. The predicted molar refractivity (Wildman–Crippen MR) is 41.4 cm³/mol. The second-order valence-corrected chi connectivity index (χ2v) is 2.72. The van der Waals surface area contributed by atoms with E-state index in [2.05, 4.69) is 0 Å². The van der Waals surface area contributed by atoms with Crippen LogP contribution in [0.3, 0.4) is 0 Å². The topological polar surface area (TPSA) is 165 Å². The van der Waals surface area contributed by atoms with Crippen molar-refractivity contribution in [1.82, 2.24) is 0 Å². The van der Waals surface area contributed by atoms with Crippen LogP contribution in [0.2, 0.25) is 0 Å². The van der Waals surface area contributed by atoms with Crippen LogP contribution in [0.25, 0.3) is 0 Å². The molecule has 0 aliphatic carbocycles. The molecule has 0 aliphatic rings. The first-order chi connectivity index (χ1) is 4.71. The van der Waals surface area contributed by atoms with Gasteiger partial charge in [0.2, 0.25) is 0 Å². The van der Waals surface area contributed by atoms with Gasteiger partial charge >= 0.3 is 0 Å². The second-order valence-electron chi connectivity index (χ2n) is 2.72. The van der Waals surface area contributed by atoms with Crippen LogP contribution in [0.4, 0.5) is 0 Å². The van der Waals surface area contributed by atoms with Crippen LogP contribution in [-0.4, -0.2) is 24.8 Å². The molecule has 7 nitrogen and oxygen atoms in total. The van der Waals surface area contributed by atoms with Gasteiger partial charge in [0.1, 0.15) is 11.6 Å². The molecule has 0 unspecified atom stereocenters. The molecule has 0 atom stereocenters. The Morgan fingerprint density at radius 2 is 1.00 bits per heavy atom. The number of rotatable bonds is 4. The molecule has 0 saturated carbocycles. The van der Waals surface area contributed by atoms with Crippen LogP contribution in [0, 0.1) is 0 Å². The number of hydrogen-bond acceptors (Lipinski definition) is 7. The quantitative estimate of drug-likeness (QED) is 0.231. The Hall–Kier alpha value is -0.280. The highest BCUT2D eigenvalue weighted by Crippen LogP contribution is 1.85. The minimum absolute atomic E-state index is 0.0552. The van der Waals surface area contributed by atoms with Crippen LogP contribution in [0.15, 0.2) is 0 Å². The molecule has 68 valence electrons. The predicted octanol–water partition coefficient (Wildman–Crippen LogP) is -3.94. The molecule has 0 heterocycles. The van der Waals surface area contributed by atoms with Gasteiger partial charge in [-0.05, 0) is 0 Å². The second kappa shape index (κ2) is 3.41. The maximum absolute atomic E-state index is 5.17. The number of ether oxygens (including phenoxy) is 1. The normalized spacial score (nSPS) is 13.6. The van der Waals surface area contributed by atoms with Crippen LogP contribution in [0.1, 0.15) is 0 Å². The third-order valence-corrected chi connectivity index (χ3v) is 0.704. The van der Waals surface area contributed by atoms with Crippen LogP contribution in [0.5, 0.6) is 0 Å². The van der Waals surface area contributed by atoms with Gasteiger partial charge in [-0.25, -0.2) is 0 Å². The van der Waals surface area contributed by atoms with E-state index in [1.165, 1.54) is 0 Å². The molecule has 0 amide bonds. The fraction of sp³-hybridized carbons (Fsp3) is 1.00. The van der Waals surface area contributed by atoms with Crippen molar-refractivity contribution >= 4 is 0 Å². The zero-order chi connectivity index (χ0) is 9.12. The molecular formula is C4H16N6O. The lowest BCUT2D eigenvalue weighted by Gasteiger charge is -2.22. The number of nitrogens with two attached hydrogens (primary N) is 6. The minimum atomic E-state index is -1.37. The van der Waals surface area contributed by atoms with Gasteiger partial charge < -0.3 is 4.74 Å². The Labute approximate surface area is 65.0 Å². The van der Waals surface area contributed by atoms with E-state index in [-0.39, 0.29) is 13.2 Å². The molecule has 11 heavy (non-hydrogen) atoms. The van der Waals surface area contributed by atoms with Gasteiger partial charge in [-0.3, -0.25) is 34.4 Å². The molecule has 0 rings (SSSR count). The minimum Gasteiger partial charge on any atom is -0.372 e. The summed E-state index contributed by atoms with van der Waals surface area (Å²) in [4.78, 5) is 0. The van der Waals surface area contributed by atoms with E-state index in [0.717, 1.165) is 0 Å². The highest BCUT2D eigenvalue weighted by molar-refractivity contribution is 4.70. The average molecular weight is 164 g/mol. The molecule has 0 aromatic carbocycles. The lowest BCUT2D eigenvalue weighted by molar-refractivity contribution is 0.0550. The van der Waals surface area contributed by atoms with Gasteiger partial charge in [0.15, 0.2) is 0 Å². The number of hydrogen-bond donors (Lipinski definition) is 6. The van der Waals surface area contributed by atoms with Crippen molar-refractivity contribution in [2.24, 2.45) is 34.4 Å². The molecular weight excluding hydrogens is 148 g/mol. The molecule has 7 heteroatoms. The first-order valence-corrected chi connectivity index (χ1v) is 3.02. The highest BCUT2D eigenvalue weighted by Gasteiger charge is 2.16. The maximum Gasteiger partial charge on any atom is 0.140 e. The van der Waals surface area contributed by atoms with E-state index >= 15 is 0 Å². The summed E-state index contributed by atoms with van der Waals surface area (Å²) in [6.45, 7) is -0.110. The summed E-state index contributed by atoms with van der Waals surface area (Å²) >= 11 is 0. The molecule has 0 aromatic heterocycles. The summed E-state index contributed by atoms with van der Waals surface area (Å²) in [5.41, 5.74) is 31.0. The molecule has 0 spiro atoms. The smallest absolute Gasteiger partial charge is 0.140 e. The summed E-state index contributed by atoms with van der Waals surface area (Å²) in [7, 11) is 0. The van der Waals surface area contributed by atoms with E-state index in [0.29, 0.717) is 0 Å². The van der Waals surface area contributed by atoms with E-state index < -0.39 is 11.6 Å². The standard InChI is InChI=1S/C4H16N6O/c5-3(6,7)1-11-2-4(8,9)10/h1-2,5-10H2. The van der Waals surface area contributed by atoms with E-state index in [1.54, 1.807) is 0 Å². The largest absolute Gasteiger partial charge is 0.372 e. The zero-order valence-corrected chi connectivity index (χ0v) is 6.29. The molecule has 0 radical (unpaired) electrons. The van der Waals surface area contributed by atoms with Crippen molar-refractivity contribution in [3.63, 3.8) is 0 Å². The first kappa shape index (κ1) is 10.7. The molecule has 0 aromatic rings. The molecule has 0 saturated heterocycles. The monoisotopic (exact) mass is 164 g/mol. The molecule has 12 N–H and O–H groups in total. The maximum atomic E-state index is 5.17. The molecule has 0 bridgehead atoms. The molecule has 0 fully saturated rings. The fourth-order valence-corrected chi connectivity index (χ4v) is 0.405. The van der Waals surface area contributed by atoms with Gasteiger partial charge in [0, 0.05) is 0 Å². The van der Waals surface area contributed by atoms with E-state index in [1.807, 2.05) is 0 Å². The SMILES string of the molecule is NC(N)(N)COCC(N)(N)N. The van der Waals surface area contributed by atoms with E-state index in [9.17, 15) is 0 Å². The lowest BCUT2D eigenvalue weighted by atomic mass is 10.4. The van der Waals surface area contributed by atoms with Gasteiger partial charge in [0.05, 0.1) is 13.2 Å². The Balaban J connectivity index is 3.44. The van der Waals surface area contributed by atoms with Gasteiger partial charge in [0.25, 0.3) is 0 Å². The van der Waals surface area contributed by atoms with E-state index in [4.69, 9.17) is 39.1 Å². The highest BCUT2D eigenvalue weighted by atomic mass is 16.5. The van der Waals surface area contributed by atoms with Crippen LogP contribution >= 0.6 is 0 Å². The Bertz CT molecular complexity index is 98.7. The van der Waals surface area contributed by atoms with Crippen molar-refractivity contribution in [2.75, 3.05) is 13.2 Å². The first-order valence-electron chi connectivity index (χ1n) is 3.02. The summed E-state index contributed by atoms with van der Waals surface area (Å²) in [5.74, 6) is -2.74. The van der Waals surface area contributed by atoms with Crippen LogP contribution in [-0.2, 0) is 4.74 Å². The van der Waals surface area contributed by atoms with Gasteiger partial charge in [-0.2, -0.15) is 0 Å². The average Bonchev–Trinajstić information content (AvgIpc) is 1.55. The third kappa shape index (κ3) is 9.72. The lowest BCUT2D eigenvalue weighted by Crippen LogP contribution is -2.64. The Morgan fingerprint density at radius 3 is 1.18 bits per heavy atom. The summed E-state index contributed by atoms with van der Waals surface area (Å²) in [6, 6.07) is 0. The van der Waals surface area contributed by atoms with Crippen molar-refractivity contribution in [2.45, 2.75) is 11.6 Å². The van der Waals surface area contributed by atoms with Gasteiger partial charge in [-0.15, -0.1) is 0 Å². The molecule has 0 aliphatic heterocycles. The van der Waals surface area contributed by atoms with Crippen molar-refractivity contribution in [3.05, 3.63) is 0 Å².